The van der Waals surface area contributed by atoms with Crippen molar-refractivity contribution in [1.82, 2.24) is 4.98 Å². The summed E-state index contributed by atoms with van der Waals surface area (Å²) >= 11 is 0. The average molecular weight is 345 g/mol. The van der Waals surface area contributed by atoms with Crippen LogP contribution in [0, 0.1) is 11.8 Å². The van der Waals surface area contributed by atoms with E-state index in [0.29, 0.717) is 31.6 Å². The molecule has 2 aromatic carbocycles. The Bertz CT molecular complexity index is 981. The number of hydrogen-bond donors (Lipinski definition) is 1. The van der Waals surface area contributed by atoms with Gasteiger partial charge in [0.1, 0.15) is 11.5 Å². The van der Waals surface area contributed by atoms with Crippen LogP contribution in [0.25, 0.3) is 10.8 Å². The Labute approximate surface area is 152 Å². The zero-order valence-corrected chi connectivity index (χ0v) is 14.3. The van der Waals surface area contributed by atoms with Crippen molar-refractivity contribution in [2.75, 3.05) is 13.2 Å². The van der Waals surface area contributed by atoms with Crippen molar-refractivity contribution >= 4 is 10.8 Å². The molecule has 1 fully saturated rings. The van der Waals surface area contributed by atoms with E-state index < -0.39 is 5.60 Å². The van der Waals surface area contributed by atoms with Gasteiger partial charge >= 0.3 is 0 Å². The van der Waals surface area contributed by atoms with Crippen LogP contribution in [0.3, 0.4) is 0 Å². The largest absolute Gasteiger partial charge is 0.506 e. The maximum Gasteiger partial charge on any atom is 0.173 e. The predicted octanol–water partition coefficient (Wildman–Crippen LogP) is 3.92. The molecule has 0 aliphatic carbocycles. The highest BCUT2D eigenvalue weighted by molar-refractivity contribution is 5.83. The van der Waals surface area contributed by atoms with Gasteiger partial charge in [0.15, 0.2) is 5.60 Å². The average Bonchev–Trinajstić information content (AvgIpc) is 2.67. The molecule has 0 spiro atoms. The summed E-state index contributed by atoms with van der Waals surface area (Å²) in [7, 11) is 0. The molecule has 4 heteroatoms. The Morgan fingerprint density at radius 2 is 1.81 bits per heavy atom. The molecular weight excluding hydrogens is 326 g/mol. The summed E-state index contributed by atoms with van der Waals surface area (Å²) in [5.74, 6) is 7.28. The number of aromatic nitrogens is 1. The second kappa shape index (κ2) is 7.07. The van der Waals surface area contributed by atoms with Gasteiger partial charge in [-0.1, -0.05) is 36.3 Å². The minimum Gasteiger partial charge on any atom is -0.506 e. The van der Waals surface area contributed by atoms with Crippen LogP contribution in [0.4, 0.5) is 0 Å². The van der Waals surface area contributed by atoms with Gasteiger partial charge < -0.3 is 14.6 Å². The monoisotopic (exact) mass is 345 g/mol. The quantitative estimate of drug-likeness (QED) is 0.715. The van der Waals surface area contributed by atoms with Crippen LogP contribution >= 0.6 is 0 Å². The van der Waals surface area contributed by atoms with Crippen molar-refractivity contribution in [1.29, 1.82) is 0 Å². The minimum absolute atomic E-state index is 0.105. The Hall–Kier alpha value is -3.03. The predicted molar refractivity (Wildman–Crippen MR) is 100 cm³/mol. The van der Waals surface area contributed by atoms with E-state index in [2.05, 4.69) is 35.0 Å². The van der Waals surface area contributed by atoms with Crippen LogP contribution in [-0.2, 0) is 4.74 Å². The lowest BCUT2D eigenvalue weighted by Crippen LogP contribution is -2.40. The lowest BCUT2D eigenvalue weighted by Gasteiger charge is -2.33. The van der Waals surface area contributed by atoms with Gasteiger partial charge in [-0.05, 0) is 34.9 Å². The first kappa shape index (κ1) is 16.4. The highest BCUT2D eigenvalue weighted by Gasteiger charge is 2.33. The second-order valence-corrected chi connectivity index (χ2v) is 6.40. The number of pyridine rings is 1. The summed E-state index contributed by atoms with van der Waals surface area (Å²) in [6, 6.07) is 15.9. The summed E-state index contributed by atoms with van der Waals surface area (Å²) in [5.41, 5.74) is 0.0598. The van der Waals surface area contributed by atoms with E-state index in [0.717, 1.165) is 11.1 Å². The molecule has 1 aliphatic heterocycles. The Kier molecular flexibility index (Phi) is 4.47. The summed E-state index contributed by atoms with van der Waals surface area (Å²) in [5, 5.41) is 11.9. The molecule has 0 radical (unpaired) electrons. The number of nitrogens with zero attached hydrogens (tertiary/aromatic N) is 1. The van der Waals surface area contributed by atoms with Gasteiger partial charge in [0.2, 0.25) is 0 Å². The Morgan fingerprint density at radius 1 is 1.00 bits per heavy atom. The second-order valence-electron chi connectivity index (χ2n) is 6.40. The van der Waals surface area contributed by atoms with Gasteiger partial charge in [0.05, 0.1) is 19.4 Å². The van der Waals surface area contributed by atoms with Crippen molar-refractivity contribution in [3.05, 3.63) is 66.5 Å². The fourth-order valence-corrected chi connectivity index (χ4v) is 3.09. The van der Waals surface area contributed by atoms with Crippen LogP contribution in [0.15, 0.2) is 60.9 Å². The number of rotatable bonds is 2. The standard InChI is InChI=1S/C22H19NO3/c24-20-13-17(15-23-16-20)7-8-22(9-11-25-12-10-22)26-21-6-5-18-3-1-2-4-19(18)14-21/h1-6,13-16,24H,9-12H2. The summed E-state index contributed by atoms with van der Waals surface area (Å²) in [6.45, 7) is 1.22. The molecule has 130 valence electrons. The van der Waals surface area contributed by atoms with E-state index in [1.165, 1.54) is 11.6 Å². The van der Waals surface area contributed by atoms with Crippen molar-refractivity contribution in [2.45, 2.75) is 18.4 Å². The molecule has 1 saturated heterocycles. The molecule has 3 aromatic rings. The first-order chi connectivity index (χ1) is 12.7. The zero-order chi connectivity index (χ0) is 17.8. The van der Waals surface area contributed by atoms with Crippen LogP contribution in [0.2, 0.25) is 0 Å². The number of ether oxygens (including phenoxy) is 2. The first-order valence-corrected chi connectivity index (χ1v) is 8.65. The number of fused-ring (bicyclic) bond motifs is 1. The maximum absolute atomic E-state index is 9.57. The molecule has 1 aromatic heterocycles. The number of hydrogen-bond acceptors (Lipinski definition) is 4. The van der Waals surface area contributed by atoms with Gasteiger partial charge in [-0.25, -0.2) is 0 Å². The lowest BCUT2D eigenvalue weighted by molar-refractivity contribution is -0.0111. The lowest BCUT2D eigenvalue weighted by atomic mass is 9.94. The van der Waals surface area contributed by atoms with E-state index >= 15 is 0 Å². The van der Waals surface area contributed by atoms with E-state index in [9.17, 15) is 5.11 Å². The molecule has 1 N–H and O–H groups in total. The van der Waals surface area contributed by atoms with Gasteiger partial charge in [-0.3, -0.25) is 4.98 Å². The smallest absolute Gasteiger partial charge is 0.173 e. The van der Waals surface area contributed by atoms with Crippen LogP contribution in [-0.4, -0.2) is 28.9 Å². The summed E-state index contributed by atoms with van der Waals surface area (Å²) in [4.78, 5) is 3.97. The van der Waals surface area contributed by atoms with E-state index in [1.807, 2.05) is 24.3 Å². The van der Waals surface area contributed by atoms with Crippen molar-refractivity contribution in [3.8, 4) is 23.3 Å². The highest BCUT2D eigenvalue weighted by atomic mass is 16.5. The van der Waals surface area contributed by atoms with Crippen molar-refractivity contribution in [3.63, 3.8) is 0 Å². The molecule has 0 amide bonds. The third-order valence-corrected chi connectivity index (χ3v) is 4.49. The number of benzene rings is 2. The molecule has 0 unspecified atom stereocenters. The highest BCUT2D eigenvalue weighted by Crippen LogP contribution is 2.30. The molecule has 2 heterocycles. The van der Waals surface area contributed by atoms with E-state index in [1.54, 1.807) is 12.3 Å². The SMILES string of the molecule is Oc1cncc(C#CC2(Oc3ccc4ccccc4c3)CCOCC2)c1. The summed E-state index contributed by atoms with van der Waals surface area (Å²) < 4.78 is 11.9. The van der Waals surface area contributed by atoms with E-state index in [-0.39, 0.29) is 5.75 Å². The molecule has 0 bridgehead atoms. The van der Waals surface area contributed by atoms with Crippen LogP contribution in [0.5, 0.6) is 11.5 Å². The zero-order valence-electron chi connectivity index (χ0n) is 14.3. The topological polar surface area (TPSA) is 51.6 Å². The maximum atomic E-state index is 9.57. The van der Waals surface area contributed by atoms with Gasteiger partial charge in [-0.15, -0.1) is 0 Å². The fourth-order valence-electron chi connectivity index (χ4n) is 3.09. The van der Waals surface area contributed by atoms with Gasteiger partial charge in [0.25, 0.3) is 0 Å². The normalized spacial score (nSPS) is 15.8. The Morgan fingerprint density at radius 3 is 2.62 bits per heavy atom. The summed E-state index contributed by atoms with van der Waals surface area (Å²) in [6.07, 6.45) is 4.41. The van der Waals surface area contributed by atoms with Crippen LogP contribution in [0.1, 0.15) is 18.4 Å². The molecule has 26 heavy (non-hydrogen) atoms. The molecule has 0 saturated carbocycles. The van der Waals surface area contributed by atoms with Gasteiger partial charge in [-0.2, -0.15) is 0 Å². The molecule has 4 rings (SSSR count). The first-order valence-electron chi connectivity index (χ1n) is 8.65. The molecule has 0 atom stereocenters. The van der Waals surface area contributed by atoms with Crippen LogP contribution < -0.4 is 4.74 Å². The Balaban J connectivity index is 1.65. The third-order valence-electron chi connectivity index (χ3n) is 4.49. The van der Waals surface area contributed by atoms with Crippen molar-refractivity contribution in [2.24, 2.45) is 0 Å². The van der Waals surface area contributed by atoms with E-state index in [4.69, 9.17) is 9.47 Å². The molecule has 4 nitrogen and oxygen atoms in total. The third kappa shape index (κ3) is 3.63. The van der Waals surface area contributed by atoms with Crippen molar-refractivity contribution < 1.29 is 14.6 Å². The fraction of sp³-hybridized carbons (Fsp3) is 0.227. The molecular formula is C22H19NO3. The molecule has 1 aliphatic rings. The van der Waals surface area contributed by atoms with Gasteiger partial charge in [0, 0.05) is 24.6 Å². The number of aromatic hydroxyl groups is 1. The minimum atomic E-state index is -0.605.